The average molecular weight is 444 g/mol. The van der Waals surface area contributed by atoms with E-state index in [1.165, 1.54) is 69.6 Å². The van der Waals surface area contributed by atoms with E-state index < -0.39 is 27.9 Å². The molecule has 30 heavy (non-hydrogen) atoms. The van der Waals surface area contributed by atoms with Gasteiger partial charge in [0.1, 0.15) is 5.75 Å². The van der Waals surface area contributed by atoms with Gasteiger partial charge in [0, 0.05) is 12.2 Å². The van der Waals surface area contributed by atoms with Gasteiger partial charge in [-0.05, 0) is 30.2 Å². The molecule has 1 aromatic carbocycles. The zero-order valence-corrected chi connectivity index (χ0v) is 18.8. The first-order chi connectivity index (χ1) is 14.2. The minimum absolute atomic E-state index is 0.000756. The molecule has 0 amide bonds. The van der Waals surface area contributed by atoms with Gasteiger partial charge in [-0.3, -0.25) is 4.55 Å². The molecule has 0 spiro atoms. The minimum atomic E-state index is -4.35. The Morgan fingerprint density at radius 2 is 1.57 bits per heavy atom. The first-order valence-electron chi connectivity index (χ1n) is 11.0. The molecule has 0 aliphatic heterocycles. The molecule has 0 fully saturated rings. The third kappa shape index (κ3) is 12.1. The summed E-state index contributed by atoms with van der Waals surface area (Å²) >= 11 is 0. The lowest BCUT2D eigenvalue weighted by Gasteiger charge is -2.14. The Kier molecular flexibility index (Phi) is 12.7. The van der Waals surface area contributed by atoms with Crippen molar-refractivity contribution in [3.05, 3.63) is 29.3 Å². The molecule has 8 heteroatoms. The Morgan fingerprint density at radius 1 is 1.00 bits per heavy atom. The van der Waals surface area contributed by atoms with Crippen LogP contribution in [0.4, 0.5) is 5.69 Å². The van der Waals surface area contributed by atoms with Crippen LogP contribution in [0.3, 0.4) is 0 Å². The van der Waals surface area contributed by atoms with Crippen molar-refractivity contribution in [2.45, 2.75) is 89.4 Å². The molecule has 7 nitrogen and oxygen atoms in total. The summed E-state index contributed by atoms with van der Waals surface area (Å²) in [5.74, 6) is -2.04. The van der Waals surface area contributed by atoms with E-state index in [2.05, 4.69) is 12.2 Å². The Morgan fingerprint density at radius 3 is 2.10 bits per heavy atom. The first kappa shape index (κ1) is 26.4. The van der Waals surface area contributed by atoms with Crippen LogP contribution in [0.2, 0.25) is 0 Å². The normalized spacial score (nSPS) is 12.6. The van der Waals surface area contributed by atoms with Gasteiger partial charge in [0.25, 0.3) is 10.1 Å². The number of aromatic carboxylic acids is 1. The van der Waals surface area contributed by atoms with Gasteiger partial charge >= 0.3 is 5.97 Å². The lowest BCUT2D eigenvalue weighted by atomic mass is 10.0. The zero-order valence-electron chi connectivity index (χ0n) is 18.0. The molecular formula is C22H37NO6S. The molecule has 1 unspecified atom stereocenters. The van der Waals surface area contributed by atoms with Crippen molar-refractivity contribution >= 4 is 21.8 Å². The number of benzene rings is 1. The largest absolute Gasteiger partial charge is 0.478 e. The summed E-state index contributed by atoms with van der Waals surface area (Å²) < 4.78 is 31.3. The topological polar surface area (TPSA) is 124 Å². The molecule has 172 valence electrons. The minimum Gasteiger partial charge on any atom is -0.478 e. The fourth-order valence-corrected chi connectivity index (χ4v) is 4.07. The van der Waals surface area contributed by atoms with E-state index in [9.17, 15) is 18.3 Å². The quantitative estimate of drug-likeness (QED) is 0.200. The third-order valence-corrected chi connectivity index (χ3v) is 5.78. The summed E-state index contributed by atoms with van der Waals surface area (Å²) in [5, 5.41) is 22.3. The van der Waals surface area contributed by atoms with Crippen LogP contribution in [-0.4, -0.2) is 41.8 Å². The van der Waals surface area contributed by atoms with Crippen LogP contribution >= 0.6 is 0 Å². The molecule has 1 atom stereocenters. The molecule has 0 heterocycles. The average Bonchev–Trinajstić information content (AvgIpc) is 2.66. The van der Waals surface area contributed by atoms with Crippen LogP contribution in [0.15, 0.2) is 18.2 Å². The van der Waals surface area contributed by atoms with Crippen LogP contribution in [0.1, 0.15) is 93.5 Å². The smallest absolute Gasteiger partial charge is 0.336 e. The molecular weight excluding hydrogens is 406 g/mol. The second-order valence-electron chi connectivity index (χ2n) is 7.91. The Balaban J connectivity index is 2.30. The van der Waals surface area contributed by atoms with E-state index >= 15 is 0 Å². The highest BCUT2D eigenvalue weighted by Crippen LogP contribution is 2.19. The Labute approximate surface area is 180 Å². The number of aliphatic hydroxyl groups excluding tert-OH is 1. The fraction of sp³-hybridized carbons (Fsp3) is 0.682. The number of unbranched alkanes of at least 4 members (excludes halogenated alkanes) is 9. The van der Waals surface area contributed by atoms with Gasteiger partial charge in [0.15, 0.2) is 0 Å². The van der Waals surface area contributed by atoms with E-state index in [1.54, 1.807) is 0 Å². The molecule has 0 aliphatic rings. The van der Waals surface area contributed by atoms with Gasteiger partial charge in [0.2, 0.25) is 0 Å². The van der Waals surface area contributed by atoms with Crippen LogP contribution in [0, 0.1) is 0 Å². The van der Waals surface area contributed by atoms with Crippen molar-refractivity contribution in [1.29, 1.82) is 0 Å². The summed E-state index contributed by atoms with van der Waals surface area (Å²) in [7, 11) is -4.35. The van der Waals surface area contributed by atoms with Crippen molar-refractivity contribution in [1.82, 2.24) is 0 Å². The van der Waals surface area contributed by atoms with Crippen molar-refractivity contribution < 1.29 is 28.0 Å². The number of anilines is 1. The second kappa shape index (κ2) is 14.4. The summed E-state index contributed by atoms with van der Waals surface area (Å²) in [4.78, 5) is 11.2. The molecule has 1 aromatic rings. The fourth-order valence-electron chi connectivity index (χ4n) is 3.43. The van der Waals surface area contributed by atoms with Gasteiger partial charge < -0.3 is 15.5 Å². The third-order valence-electron chi connectivity index (χ3n) is 5.11. The number of rotatable bonds is 17. The molecule has 1 rings (SSSR count). The molecule has 0 aromatic heterocycles. The summed E-state index contributed by atoms with van der Waals surface area (Å²) in [6.07, 6.45) is 12.5. The van der Waals surface area contributed by atoms with Gasteiger partial charge in [-0.15, -0.1) is 0 Å². The zero-order chi connectivity index (χ0) is 22.4. The van der Waals surface area contributed by atoms with Crippen LogP contribution < -0.4 is 5.32 Å². The lowest BCUT2D eigenvalue weighted by Crippen LogP contribution is -2.19. The van der Waals surface area contributed by atoms with Crippen LogP contribution in [-0.2, 0) is 15.9 Å². The van der Waals surface area contributed by atoms with Gasteiger partial charge in [0.05, 0.1) is 11.7 Å². The van der Waals surface area contributed by atoms with Gasteiger partial charge in [-0.1, -0.05) is 71.1 Å². The predicted molar refractivity (Wildman–Crippen MR) is 120 cm³/mol. The lowest BCUT2D eigenvalue weighted by molar-refractivity contribution is 0.0696. The number of aliphatic hydroxyl groups is 1. The van der Waals surface area contributed by atoms with Gasteiger partial charge in [-0.2, -0.15) is 8.42 Å². The number of nitrogens with one attached hydrogen (secondary N) is 1. The maximum Gasteiger partial charge on any atom is 0.336 e. The number of carbonyl (C=O) groups is 1. The van der Waals surface area contributed by atoms with E-state index in [0.29, 0.717) is 12.1 Å². The van der Waals surface area contributed by atoms with E-state index in [1.807, 2.05) is 0 Å². The number of carboxylic acid groups (broad SMARTS) is 1. The van der Waals surface area contributed by atoms with Crippen LogP contribution in [0.25, 0.3) is 0 Å². The maximum absolute atomic E-state index is 11.2. The monoisotopic (exact) mass is 443 g/mol. The molecule has 0 radical (unpaired) electrons. The predicted octanol–water partition coefficient (Wildman–Crippen LogP) is 4.86. The molecule has 0 saturated carbocycles. The summed E-state index contributed by atoms with van der Waals surface area (Å²) in [6, 6.07) is 4.19. The van der Waals surface area contributed by atoms with E-state index in [-0.39, 0.29) is 17.7 Å². The van der Waals surface area contributed by atoms with Crippen molar-refractivity contribution in [3.63, 3.8) is 0 Å². The van der Waals surface area contributed by atoms with Gasteiger partial charge in [-0.25, -0.2) is 4.79 Å². The molecule has 0 aliphatic carbocycles. The molecule has 0 saturated heterocycles. The highest BCUT2D eigenvalue weighted by Gasteiger charge is 2.16. The Hall–Kier alpha value is -1.64. The van der Waals surface area contributed by atoms with E-state index in [4.69, 9.17) is 9.66 Å². The number of hydrogen-bond acceptors (Lipinski definition) is 5. The first-order valence-corrected chi connectivity index (χ1v) is 12.6. The highest BCUT2D eigenvalue weighted by molar-refractivity contribution is 7.85. The standard InChI is InChI=1S/C22H37NO6S/c1-2-3-4-5-6-7-8-9-10-11-12-20(24)16-23-19-13-14-21(22(25)26)18(15-19)17-30(27,28)29/h13-15,20,23-24H,2-12,16-17H2,1H3,(H,25,26)(H,27,28,29). The van der Waals surface area contributed by atoms with Crippen molar-refractivity contribution in [2.24, 2.45) is 0 Å². The maximum atomic E-state index is 11.2. The Bertz CT molecular complexity index is 735. The summed E-state index contributed by atoms with van der Waals surface area (Å²) in [5.41, 5.74) is 0.323. The molecule has 0 bridgehead atoms. The second-order valence-corrected chi connectivity index (χ2v) is 9.36. The molecule has 4 N–H and O–H groups in total. The van der Waals surface area contributed by atoms with E-state index in [0.717, 1.165) is 12.8 Å². The number of carboxylic acids is 1. The number of hydrogen-bond donors (Lipinski definition) is 4. The SMILES string of the molecule is CCCCCCCCCCCCC(O)CNc1ccc(C(=O)O)c(CS(=O)(=O)O)c1. The summed E-state index contributed by atoms with van der Waals surface area (Å²) in [6.45, 7) is 2.51. The van der Waals surface area contributed by atoms with Crippen molar-refractivity contribution in [3.8, 4) is 0 Å². The van der Waals surface area contributed by atoms with Crippen LogP contribution in [0.5, 0.6) is 0 Å². The highest BCUT2D eigenvalue weighted by atomic mass is 32.2. The van der Waals surface area contributed by atoms with Crippen molar-refractivity contribution in [2.75, 3.05) is 11.9 Å².